The van der Waals surface area contributed by atoms with Crippen LogP contribution in [0.15, 0.2) is 53.5 Å². The number of hydrogen-bond donors (Lipinski definition) is 3. The molecule has 2 unspecified atom stereocenters. The molecule has 7 nitrogen and oxygen atoms in total. The molecule has 2 heterocycles. The van der Waals surface area contributed by atoms with Gasteiger partial charge in [-0.2, -0.15) is 10.3 Å². The summed E-state index contributed by atoms with van der Waals surface area (Å²) in [7, 11) is 2.11. The van der Waals surface area contributed by atoms with Crippen molar-refractivity contribution in [3.63, 3.8) is 0 Å². The number of hydrogen-bond acceptors (Lipinski definition) is 4. The lowest BCUT2D eigenvalue weighted by atomic mass is 9.97. The van der Waals surface area contributed by atoms with Crippen molar-refractivity contribution in [2.75, 3.05) is 18.9 Å². The van der Waals surface area contributed by atoms with Crippen LogP contribution >= 0.6 is 0 Å². The standard InChI is InChI=1S/C21H22N6O/c1-27-11-10-16(24-21(28)23-15-8-6-14(13-22)7-9-15)12-19(27)20-25-17-4-2-3-5-18(17)26-20/h2-9,16,19H,10-12H2,1H3,(H,25,26)(H2,23,24,28)/p+1. The first kappa shape index (κ1) is 18.2. The predicted molar refractivity (Wildman–Crippen MR) is 108 cm³/mol. The van der Waals surface area contributed by atoms with Crippen molar-refractivity contribution in [1.29, 1.82) is 5.26 Å². The number of likely N-dealkylation sites (tertiary alicyclic amines) is 1. The average molecular weight is 375 g/mol. The smallest absolute Gasteiger partial charge is 0.319 e. The maximum atomic E-state index is 12.4. The van der Waals surface area contributed by atoms with E-state index in [4.69, 9.17) is 10.3 Å². The largest absolute Gasteiger partial charge is 0.335 e. The fraction of sp³-hybridized carbons (Fsp3) is 0.286. The van der Waals surface area contributed by atoms with Gasteiger partial charge in [-0.3, -0.25) is 10.2 Å². The summed E-state index contributed by atoms with van der Waals surface area (Å²) >= 11 is 0. The first-order valence-electron chi connectivity index (χ1n) is 9.42. The van der Waals surface area contributed by atoms with Crippen molar-refractivity contribution in [3.05, 3.63) is 54.1 Å². The molecule has 0 spiro atoms. The van der Waals surface area contributed by atoms with E-state index in [1.54, 1.807) is 24.3 Å². The van der Waals surface area contributed by atoms with E-state index in [0.29, 0.717) is 11.3 Å². The van der Waals surface area contributed by atoms with Crippen LogP contribution < -0.4 is 16.0 Å². The second-order valence-electron chi connectivity index (χ2n) is 7.25. The minimum atomic E-state index is -0.223. The van der Waals surface area contributed by atoms with Gasteiger partial charge in [0.15, 0.2) is 5.69 Å². The Morgan fingerprint density at radius 2 is 2.04 bits per heavy atom. The van der Waals surface area contributed by atoms with Gasteiger partial charge in [-0.05, 0) is 50.2 Å². The van der Waals surface area contributed by atoms with Gasteiger partial charge in [0.05, 0.1) is 11.6 Å². The van der Waals surface area contributed by atoms with Crippen LogP contribution in [0.25, 0.3) is 0 Å². The highest BCUT2D eigenvalue weighted by Crippen LogP contribution is 2.26. The van der Waals surface area contributed by atoms with E-state index in [0.717, 1.165) is 36.6 Å². The Morgan fingerprint density at radius 3 is 2.79 bits per heavy atom. The van der Waals surface area contributed by atoms with Crippen LogP contribution in [0.5, 0.6) is 0 Å². The Hall–Kier alpha value is -3.21. The number of fused-ring (bicyclic) bond motifs is 1. The monoisotopic (exact) mass is 375 g/mol. The van der Waals surface area contributed by atoms with Crippen LogP contribution in [0.3, 0.4) is 0 Å². The molecule has 2 aromatic carbocycles. The first-order valence-corrected chi connectivity index (χ1v) is 9.42. The van der Waals surface area contributed by atoms with E-state index in [9.17, 15) is 4.79 Å². The maximum Gasteiger partial charge on any atom is 0.319 e. The summed E-state index contributed by atoms with van der Waals surface area (Å²) in [5.41, 5.74) is 3.41. The molecule has 4 N–H and O–H groups in total. The molecule has 0 bridgehead atoms. The van der Waals surface area contributed by atoms with Crippen molar-refractivity contribution >= 4 is 28.9 Å². The molecule has 142 valence electrons. The van der Waals surface area contributed by atoms with Crippen LogP contribution in [0.1, 0.15) is 18.4 Å². The molecule has 28 heavy (non-hydrogen) atoms. The summed E-state index contributed by atoms with van der Waals surface area (Å²) < 4.78 is 0. The number of nitriles is 1. The molecule has 2 amide bonds. The molecule has 7 heteroatoms. The highest BCUT2D eigenvalue weighted by atomic mass is 16.2. The number of quaternary nitrogens is 1. The number of amidine groups is 1. The minimum absolute atomic E-state index is 0.0828. The maximum absolute atomic E-state index is 12.4. The average Bonchev–Trinajstić information content (AvgIpc) is 3.14. The number of nitrogens with one attached hydrogen (secondary N) is 2. The number of rotatable bonds is 3. The molecule has 0 radical (unpaired) electrons. The van der Waals surface area contributed by atoms with Gasteiger partial charge < -0.3 is 10.6 Å². The van der Waals surface area contributed by atoms with Crippen molar-refractivity contribution in [2.45, 2.75) is 24.9 Å². The van der Waals surface area contributed by atoms with Crippen molar-refractivity contribution in [2.24, 2.45) is 4.99 Å². The number of anilines is 1. The van der Waals surface area contributed by atoms with E-state index in [-0.39, 0.29) is 18.1 Å². The third-order valence-electron chi connectivity index (χ3n) is 5.31. The second-order valence-corrected chi connectivity index (χ2v) is 7.25. The minimum Gasteiger partial charge on any atom is -0.335 e. The molecule has 1 saturated heterocycles. The molecular weight excluding hydrogens is 352 g/mol. The SMILES string of the molecule is CN1CCC(NC(=O)Nc2ccc(C#N)cc2)CC1C1=Nc2ccccc2[NH2+]1. The lowest BCUT2D eigenvalue weighted by Crippen LogP contribution is -2.85. The first-order chi connectivity index (χ1) is 13.6. The molecule has 2 aliphatic heterocycles. The molecule has 1 fully saturated rings. The van der Waals surface area contributed by atoms with Gasteiger partial charge in [0, 0.05) is 24.3 Å². The number of aliphatic imine (C=N–C) groups is 1. The van der Waals surface area contributed by atoms with Crippen LogP contribution in [-0.4, -0.2) is 42.4 Å². The van der Waals surface area contributed by atoms with E-state index in [1.807, 2.05) is 18.2 Å². The van der Waals surface area contributed by atoms with Crippen LogP contribution in [0, 0.1) is 11.3 Å². The normalized spacial score (nSPS) is 21.4. The molecule has 4 rings (SSSR count). The van der Waals surface area contributed by atoms with Crippen molar-refractivity contribution in [3.8, 4) is 6.07 Å². The van der Waals surface area contributed by atoms with Crippen LogP contribution in [-0.2, 0) is 0 Å². The van der Waals surface area contributed by atoms with Gasteiger partial charge >= 0.3 is 6.03 Å². The highest BCUT2D eigenvalue weighted by Gasteiger charge is 2.35. The summed E-state index contributed by atoms with van der Waals surface area (Å²) in [5.74, 6) is 1.06. The van der Waals surface area contributed by atoms with Gasteiger partial charge in [-0.25, -0.2) is 4.79 Å². The summed E-state index contributed by atoms with van der Waals surface area (Å²) in [6.45, 7) is 0.898. The number of urea groups is 1. The number of benzene rings is 2. The van der Waals surface area contributed by atoms with Gasteiger partial charge in [-0.1, -0.05) is 12.1 Å². The fourth-order valence-electron chi connectivity index (χ4n) is 3.75. The van der Waals surface area contributed by atoms with Crippen molar-refractivity contribution < 1.29 is 10.1 Å². The van der Waals surface area contributed by atoms with E-state index in [1.165, 1.54) is 0 Å². The molecule has 2 atom stereocenters. The van der Waals surface area contributed by atoms with Gasteiger partial charge in [-0.15, -0.1) is 0 Å². The third kappa shape index (κ3) is 3.88. The third-order valence-corrected chi connectivity index (χ3v) is 5.31. The second kappa shape index (κ2) is 7.80. The number of carbonyl (C=O) groups is 1. The quantitative estimate of drug-likeness (QED) is 0.717. The van der Waals surface area contributed by atoms with Crippen LogP contribution in [0.2, 0.25) is 0 Å². The predicted octanol–water partition coefficient (Wildman–Crippen LogP) is 2.08. The number of carbonyl (C=O) groups excluding carboxylic acids is 1. The van der Waals surface area contributed by atoms with E-state index < -0.39 is 0 Å². The number of nitrogens with zero attached hydrogens (tertiary/aromatic N) is 3. The van der Waals surface area contributed by atoms with E-state index >= 15 is 0 Å². The lowest BCUT2D eigenvalue weighted by molar-refractivity contribution is -0.444. The number of piperidine rings is 1. The van der Waals surface area contributed by atoms with E-state index in [2.05, 4.69) is 40.0 Å². The summed E-state index contributed by atoms with van der Waals surface area (Å²) in [5, 5.41) is 16.9. The summed E-state index contributed by atoms with van der Waals surface area (Å²) in [6.07, 6.45) is 1.72. The Kier molecular flexibility index (Phi) is 5.06. The zero-order chi connectivity index (χ0) is 19.5. The number of amides is 2. The van der Waals surface area contributed by atoms with Crippen molar-refractivity contribution in [1.82, 2.24) is 10.2 Å². The Bertz CT molecular complexity index is 946. The van der Waals surface area contributed by atoms with Crippen LogP contribution in [0.4, 0.5) is 21.9 Å². The molecule has 2 aromatic rings. The number of nitrogens with two attached hydrogens (primary N) is 1. The van der Waals surface area contributed by atoms with Gasteiger partial charge in [0.1, 0.15) is 11.7 Å². The highest BCUT2D eigenvalue weighted by molar-refractivity contribution is 5.90. The topological polar surface area (TPSA) is 97.1 Å². The van der Waals surface area contributed by atoms with Gasteiger partial charge in [0.2, 0.25) is 5.84 Å². The fourth-order valence-corrected chi connectivity index (χ4v) is 3.75. The molecule has 2 aliphatic rings. The molecular formula is C21H23N6O+. The van der Waals surface area contributed by atoms with Gasteiger partial charge in [0.25, 0.3) is 0 Å². The number of likely N-dealkylation sites (N-methyl/N-ethyl adjacent to an activating group) is 1. The molecule has 0 saturated carbocycles. The lowest BCUT2D eigenvalue weighted by Gasteiger charge is -2.35. The molecule has 0 aliphatic carbocycles. The number of para-hydroxylation sites is 2. The zero-order valence-electron chi connectivity index (χ0n) is 15.7. The molecule has 0 aromatic heterocycles. The Morgan fingerprint density at radius 1 is 1.25 bits per heavy atom. The Balaban J connectivity index is 1.37. The summed E-state index contributed by atoms with van der Waals surface area (Å²) in [4.78, 5) is 19.5. The zero-order valence-corrected chi connectivity index (χ0v) is 15.7. The Labute approximate surface area is 164 Å². The summed E-state index contributed by atoms with van der Waals surface area (Å²) in [6, 6.07) is 17.1.